The van der Waals surface area contributed by atoms with Gasteiger partial charge in [-0.1, -0.05) is 36.4 Å². The second kappa shape index (κ2) is 8.37. The summed E-state index contributed by atoms with van der Waals surface area (Å²) in [7, 11) is 0. The van der Waals surface area contributed by atoms with Gasteiger partial charge in [0.25, 0.3) is 6.71 Å². The van der Waals surface area contributed by atoms with Gasteiger partial charge in [-0.05, 0) is 133 Å². The maximum absolute atomic E-state index is 7.11. The van der Waals surface area contributed by atoms with E-state index in [1.165, 1.54) is 112 Å². The molecule has 2 saturated carbocycles. The molecule has 258 valence electrons. The van der Waals surface area contributed by atoms with Crippen LogP contribution in [-0.2, 0) is 0 Å². The molecule has 6 nitrogen and oxygen atoms in total. The molecule has 2 fully saturated rings. The fraction of sp³-hybridized carbons (Fsp3) is 0.250. The highest BCUT2D eigenvalue weighted by Crippen LogP contribution is 2.57. The number of benzene rings is 5. The number of hydrogen-bond acceptors (Lipinski definition) is 4. The highest BCUT2D eigenvalue weighted by molar-refractivity contribution is 7.03. The van der Waals surface area contributed by atoms with Crippen LogP contribution >= 0.6 is 0 Å². The van der Waals surface area contributed by atoms with Crippen molar-refractivity contribution in [1.29, 1.82) is 0 Å². The van der Waals surface area contributed by atoms with E-state index in [9.17, 15) is 0 Å². The van der Waals surface area contributed by atoms with Crippen LogP contribution in [0.3, 0.4) is 0 Å². The van der Waals surface area contributed by atoms with Crippen molar-refractivity contribution < 1.29 is 8.83 Å². The first kappa shape index (κ1) is 26.9. The Labute approximate surface area is 312 Å². The number of para-hydroxylation sites is 2. The van der Waals surface area contributed by atoms with Gasteiger partial charge in [-0.25, -0.2) is 9.97 Å². The highest BCUT2D eigenvalue weighted by Gasteiger charge is 2.48. The summed E-state index contributed by atoms with van der Waals surface area (Å²) >= 11 is 0. The lowest BCUT2D eigenvalue weighted by atomic mass is 9.34. The van der Waals surface area contributed by atoms with Gasteiger partial charge in [-0.15, -0.1) is 0 Å². The van der Waals surface area contributed by atoms with E-state index in [4.69, 9.17) is 18.8 Å². The number of pyridine rings is 2. The first-order valence-corrected chi connectivity index (χ1v) is 20.7. The van der Waals surface area contributed by atoms with Crippen molar-refractivity contribution in [3.05, 3.63) is 89.0 Å². The average Bonchev–Trinajstić information content (AvgIpc) is 4.02. The minimum Gasteiger partial charge on any atom is -0.457 e. The standard InChI is InChI=1S/C48H31BN4O2/c1-3-7-32-24(5-1)26-18-30-43-39(45(26)54-32)49-38-41-28(34-20-9-13-22(14-10-20)36(34)47(50-30)52(41)43)17-29-35-21-11-15-23(16-12-21)37(35)48-51-31-19-27-25-6-2-4-8-33(25)55-46(27)40(49)44(31)53(48)42(29)38/h1-8,17-23H,9-16H2. The summed E-state index contributed by atoms with van der Waals surface area (Å²) in [5.74, 6) is 2.30. The summed E-state index contributed by atoms with van der Waals surface area (Å²) in [6, 6.07) is 24.6. The summed E-state index contributed by atoms with van der Waals surface area (Å²) in [4.78, 5) is 11.5. The van der Waals surface area contributed by atoms with Crippen LogP contribution in [0.4, 0.5) is 0 Å². The molecule has 8 heterocycles. The number of furan rings is 2. The van der Waals surface area contributed by atoms with Gasteiger partial charge in [-0.2, -0.15) is 0 Å². The van der Waals surface area contributed by atoms with E-state index in [0.717, 1.165) is 54.9 Å². The van der Waals surface area contributed by atoms with E-state index in [2.05, 4.69) is 75.5 Å². The molecule has 7 heteroatoms. The summed E-state index contributed by atoms with van der Waals surface area (Å²) in [6.07, 6.45) is 10.2. The quantitative estimate of drug-likeness (QED) is 0.116. The number of hydrogen-bond donors (Lipinski definition) is 0. The Morgan fingerprint density at radius 3 is 1.36 bits per heavy atom. The van der Waals surface area contributed by atoms with Crippen LogP contribution in [0, 0.1) is 0 Å². The molecular formula is C48H31BN4O2. The molecule has 6 aromatic heterocycles. The van der Waals surface area contributed by atoms with E-state index in [1.54, 1.807) is 22.3 Å². The van der Waals surface area contributed by atoms with E-state index in [1.807, 2.05) is 0 Å². The van der Waals surface area contributed by atoms with Gasteiger partial charge in [0.15, 0.2) is 0 Å². The number of fused-ring (bicyclic) bond motifs is 14. The molecule has 8 aliphatic rings. The van der Waals surface area contributed by atoms with E-state index in [-0.39, 0.29) is 6.71 Å². The molecule has 0 amide bonds. The zero-order valence-corrected chi connectivity index (χ0v) is 30.0. The van der Waals surface area contributed by atoms with Gasteiger partial charge >= 0.3 is 0 Å². The van der Waals surface area contributed by atoms with Crippen LogP contribution in [0.25, 0.3) is 99.0 Å². The van der Waals surface area contributed by atoms with Crippen molar-refractivity contribution in [3.8, 4) is 0 Å². The molecule has 4 bridgehead atoms. The van der Waals surface area contributed by atoms with Crippen LogP contribution < -0.4 is 16.4 Å². The van der Waals surface area contributed by atoms with Gasteiger partial charge in [0.2, 0.25) is 0 Å². The van der Waals surface area contributed by atoms with Crippen molar-refractivity contribution in [1.82, 2.24) is 18.8 Å². The molecule has 0 radical (unpaired) electrons. The Hall–Kier alpha value is -5.82. The molecular weight excluding hydrogens is 675 g/mol. The fourth-order valence-corrected chi connectivity index (χ4v) is 14.1. The van der Waals surface area contributed by atoms with Crippen LogP contribution in [-0.4, -0.2) is 25.5 Å². The number of nitrogens with zero attached hydrogens (tertiary/aromatic N) is 4. The molecule has 0 atom stereocenters. The first-order chi connectivity index (χ1) is 27.3. The van der Waals surface area contributed by atoms with Crippen LogP contribution in [0.15, 0.2) is 75.6 Å². The highest BCUT2D eigenvalue weighted by atomic mass is 16.3. The SMILES string of the molecule is c1ccc2c(c1)oc1c3c4c(cc12)nc1c2c(c5cc6c7c(c8nc9cc%10c(oc%11ccccc%11%10)c%10c9n8c6c(c5n14)B3%10)C1CCC7CC1)C1CCC2CC1. The third-order valence-corrected chi connectivity index (χ3v) is 16.0. The molecule has 2 aliphatic heterocycles. The number of rotatable bonds is 0. The number of aromatic nitrogens is 4. The Balaban J connectivity index is 1.23. The Morgan fingerprint density at radius 2 is 0.891 bits per heavy atom. The first-order valence-electron chi connectivity index (χ1n) is 20.7. The lowest BCUT2D eigenvalue weighted by Gasteiger charge is -2.42. The van der Waals surface area contributed by atoms with Crippen LogP contribution in [0.2, 0.25) is 0 Å². The zero-order chi connectivity index (χ0) is 34.7. The fourth-order valence-electron chi connectivity index (χ4n) is 14.1. The Morgan fingerprint density at radius 1 is 0.455 bits per heavy atom. The number of imidazole rings is 2. The molecule has 55 heavy (non-hydrogen) atoms. The van der Waals surface area contributed by atoms with Gasteiger partial charge in [0.05, 0.1) is 33.1 Å². The summed E-state index contributed by atoms with van der Waals surface area (Å²) in [5.41, 5.74) is 23.8. The van der Waals surface area contributed by atoms with Crippen LogP contribution in [0.5, 0.6) is 0 Å². The smallest absolute Gasteiger partial charge is 0.262 e. The van der Waals surface area contributed by atoms with Crippen molar-refractivity contribution in [2.24, 2.45) is 0 Å². The van der Waals surface area contributed by atoms with Crippen LogP contribution in [0.1, 0.15) is 97.3 Å². The van der Waals surface area contributed by atoms with Gasteiger partial charge in [-0.3, -0.25) is 8.80 Å². The maximum atomic E-state index is 7.11. The normalized spacial score (nSPS) is 23.0. The topological polar surface area (TPSA) is 60.9 Å². The molecule has 0 spiro atoms. The minimum atomic E-state index is -0.109. The van der Waals surface area contributed by atoms with E-state index >= 15 is 0 Å². The second-order valence-electron chi connectivity index (χ2n) is 18.1. The third kappa shape index (κ3) is 2.67. The van der Waals surface area contributed by atoms with Crippen molar-refractivity contribution in [2.45, 2.75) is 75.0 Å². The molecule has 0 unspecified atom stereocenters. The van der Waals surface area contributed by atoms with Crippen molar-refractivity contribution in [3.63, 3.8) is 0 Å². The van der Waals surface area contributed by atoms with E-state index in [0.29, 0.717) is 23.7 Å². The third-order valence-electron chi connectivity index (χ3n) is 16.0. The zero-order valence-electron chi connectivity index (χ0n) is 30.0. The second-order valence-corrected chi connectivity index (χ2v) is 18.1. The molecule has 0 saturated heterocycles. The predicted octanol–water partition coefficient (Wildman–Crippen LogP) is 10.0. The lowest BCUT2D eigenvalue weighted by Crippen LogP contribution is -2.58. The van der Waals surface area contributed by atoms with Gasteiger partial charge < -0.3 is 8.83 Å². The molecule has 19 rings (SSSR count). The predicted molar refractivity (Wildman–Crippen MR) is 221 cm³/mol. The summed E-state index contributed by atoms with van der Waals surface area (Å²) < 4.78 is 19.5. The molecule has 0 N–H and O–H groups in total. The summed E-state index contributed by atoms with van der Waals surface area (Å²) in [6.45, 7) is -0.109. The average molecular weight is 707 g/mol. The van der Waals surface area contributed by atoms with Gasteiger partial charge in [0.1, 0.15) is 33.6 Å². The molecule has 6 aliphatic carbocycles. The molecule has 5 aromatic carbocycles. The Kier molecular flexibility index (Phi) is 4.09. The minimum absolute atomic E-state index is 0.109. The van der Waals surface area contributed by atoms with Gasteiger partial charge in [0, 0.05) is 43.4 Å². The summed E-state index contributed by atoms with van der Waals surface area (Å²) in [5, 5.41) is 7.59. The Bertz CT molecular complexity index is 3530. The largest absolute Gasteiger partial charge is 0.457 e. The molecule has 11 aromatic rings. The lowest BCUT2D eigenvalue weighted by molar-refractivity contribution is 0.361. The monoisotopic (exact) mass is 706 g/mol. The van der Waals surface area contributed by atoms with Crippen molar-refractivity contribution >= 4 is 122 Å². The van der Waals surface area contributed by atoms with Crippen molar-refractivity contribution in [2.75, 3.05) is 0 Å². The maximum Gasteiger partial charge on any atom is 0.262 e. The van der Waals surface area contributed by atoms with E-state index < -0.39 is 0 Å².